The van der Waals surface area contributed by atoms with E-state index in [0.29, 0.717) is 61.7 Å². The van der Waals surface area contributed by atoms with Crippen LogP contribution in [0.1, 0.15) is 25.8 Å². The first-order valence-corrected chi connectivity index (χ1v) is 13.8. The Bertz CT molecular complexity index is 1630. The van der Waals surface area contributed by atoms with Crippen molar-refractivity contribution in [3.8, 4) is 11.4 Å². The summed E-state index contributed by atoms with van der Waals surface area (Å²) in [5, 5.41) is 11.4. The van der Waals surface area contributed by atoms with Gasteiger partial charge in [0.15, 0.2) is 11.6 Å². The van der Waals surface area contributed by atoms with Gasteiger partial charge in [0.2, 0.25) is 0 Å². The standard InChI is InChI=1S/C23H24F3N9O3S/c1-14(23(24,25)26)35-18-10-20(28-12-17(18)22(32-35)33-6-8-38-9-7-33)30-19-4-5-27-21(31-19)15-11-29-34(13-15)39(36,37)16-2-3-16/h4-5,10-14,16H,2-3,6-9H2,1H3,(H,27,28,30,31). The SMILES string of the molecule is CC(n1nc(N2CCOCC2)c2cnc(Nc3ccnc(-c4cnn(S(=O)(=O)C5CC5)c4)n3)cc21)C(F)(F)F. The van der Waals surface area contributed by atoms with Gasteiger partial charge >= 0.3 is 6.18 Å². The number of hydrogen-bond donors (Lipinski definition) is 1. The fourth-order valence-corrected chi connectivity index (χ4v) is 5.78. The highest BCUT2D eigenvalue weighted by Gasteiger charge is 2.40. The molecule has 206 valence electrons. The lowest BCUT2D eigenvalue weighted by Crippen LogP contribution is -2.36. The van der Waals surface area contributed by atoms with E-state index in [1.807, 2.05) is 4.90 Å². The molecule has 2 fully saturated rings. The number of ether oxygens (including phenoxy) is 1. The minimum atomic E-state index is -4.50. The minimum Gasteiger partial charge on any atom is -0.378 e. The molecule has 0 bridgehead atoms. The quantitative estimate of drug-likeness (QED) is 0.358. The number of fused-ring (bicyclic) bond motifs is 1. The van der Waals surface area contributed by atoms with Crippen LogP contribution in [0.3, 0.4) is 0 Å². The van der Waals surface area contributed by atoms with E-state index in [4.69, 9.17) is 4.74 Å². The van der Waals surface area contributed by atoms with Crippen molar-refractivity contribution in [2.24, 2.45) is 0 Å². The molecule has 6 rings (SSSR count). The zero-order valence-electron chi connectivity index (χ0n) is 20.7. The molecule has 4 aromatic heterocycles. The lowest BCUT2D eigenvalue weighted by Gasteiger charge is -2.27. The van der Waals surface area contributed by atoms with Crippen LogP contribution in [0.2, 0.25) is 0 Å². The summed E-state index contributed by atoms with van der Waals surface area (Å²) in [6.45, 7) is 2.99. The van der Waals surface area contributed by atoms with Gasteiger partial charge in [-0.15, -0.1) is 0 Å². The number of aromatic nitrogens is 7. The summed E-state index contributed by atoms with van der Waals surface area (Å²) in [6, 6.07) is 1.20. The van der Waals surface area contributed by atoms with Crippen LogP contribution < -0.4 is 10.2 Å². The van der Waals surface area contributed by atoms with Crippen molar-refractivity contribution >= 4 is 38.4 Å². The number of alkyl halides is 3. The first kappa shape index (κ1) is 25.5. The van der Waals surface area contributed by atoms with Crippen LogP contribution in [0, 0.1) is 0 Å². The van der Waals surface area contributed by atoms with Crippen LogP contribution >= 0.6 is 0 Å². The second-order valence-corrected chi connectivity index (χ2v) is 11.5. The monoisotopic (exact) mass is 563 g/mol. The maximum Gasteiger partial charge on any atom is 0.410 e. The summed E-state index contributed by atoms with van der Waals surface area (Å²) < 4.78 is 73.3. The summed E-state index contributed by atoms with van der Waals surface area (Å²) in [4.78, 5) is 14.9. The Hall–Kier alpha value is -3.79. The number of hydrogen-bond acceptors (Lipinski definition) is 10. The highest BCUT2D eigenvalue weighted by molar-refractivity contribution is 7.90. The zero-order valence-corrected chi connectivity index (χ0v) is 21.5. The third kappa shape index (κ3) is 4.89. The van der Waals surface area contributed by atoms with Crippen LogP contribution in [0.5, 0.6) is 0 Å². The van der Waals surface area contributed by atoms with Gasteiger partial charge in [-0.2, -0.15) is 27.5 Å². The van der Waals surface area contributed by atoms with E-state index >= 15 is 0 Å². The number of halogens is 3. The van der Waals surface area contributed by atoms with Crippen LogP contribution in [-0.4, -0.2) is 80.1 Å². The summed E-state index contributed by atoms with van der Waals surface area (Å²) in [5.41, 5.74) is 0.665. The number of nitrogens with zero attached hydrogens (tertiary/aromatic N) is 8. The molecule has 4 aromatic rings. The van der Waals surface area contributed by atoms with Crippen molar-refractivity contribution in [3.63, 3.8) is 0 Å². The van der Waals surface area contributed by atoms with E-state index in [9.17, 15) is 21.6 Å². The summed E-state index contributed by atoms with van der Waals surface area (Å²) in [5.74, 6) is 1.21. The molecule has 5 heterocycles. The Labute approximate surface area is 220 Å². The summed E-state index contributed by atoms with van der Waals surface area (Å²) >= 11 is 0. The fraction of sp³-hybridized carbons (Fsp3) is 0.435. The van der Waals surface area contributed by atoms with Crippen molar-refractivity contribution in [1.29, 1.82) is 0 Å². The average Bonchev–Trinajstić information content (AvgIpc) is 3.55. The van der Waals surface area contributed by atoms with E-state index in [0.717, 1.165) is 15.7 Å². The Balaban J connectivity index is 1.32. The number of rotatable bonds is 7. The van der Waals surface area contributed by atoms with Gasteiger partial charge in [-0.3, -0.25) is 4.68 Å². The smallest absolute Gasteiger partial charge is 0.378 e. The molecule has 0 amide bonds. The molecule has 1 saturated carbocycles. The molecule has 1 unspecified atom stereocenters. The highest BCUT2D eigenvalue weighted by atomic mass is 32.2. The van der Waals surface area contributed by atoms with Crippen LogP contribution in [0.25, 0.3) is 22.3 Å². The average molecular weight is 564 g/mol. The van der Waals surface area contributed by atoms with Crippen LogP contribution in [0.15, 0.2) is 36.9 Å². The maximum absolute atomic E-state index is 13.7. The van der Waals surface area contributed by atoms with Gasteiger partial charge in [0.1, 0.15) is 17.7 Å². The van der Waals surface area contributed by atoms with Gasteiger partial charge in [0, 0.05) is 31.5 Å². The van der Waals surface area contributed by atoms with E-state index in [-0.39, 0.29) is 17.2 Å². The predicted octanol–water partition coefficient (Wildman–Crippen LogP) is 3.13. The molecule has 0 aromatic carbocycles. The molecule has 1 aliphatic heterocycles. The number of anilines is 3. The minimum absolute atomic E-state index is 0.226. The first-order chi connectivity index (χ1) is 18.6. The largest absolute Gasteiger partial charge is 0.410 e. The molecule has 16 heteroatoms. The fourth-order valence-electron chi connectivity index (χ4n) is 4.30. The highest BCUT2D eigenvalue weighted by Crippen LogP contribution is 2.36. The Kier molecular flexibility index (Phi) is 6.17. The molecule has 0 spiro atoms. The van der Waals surface area contributed by atoms with Gasteiger partial charge in [-0.25, -0.2) is 23.4 Å². The summed E-state index contributed by atoms with van der Waals surface area (Å²) in [7, 11) is -3.53. The lowest BCUT2D eigenvalue weighted by molar-refractivity contribution is -0.164. The third-order valence-electron chi connectivity index (χ3n) is 6.66. The normalized spacial score (nSPS) is 17.5. The van der Waals surface area contributed by atoms with Crippen molar-refractivity contribution in [3.05, 3.63) is 36.9 Å². The second-order valence-electron chi connectivity index (χ2n) is 9.41. The Morgan fingerprint density at radius 2 is 1.90 bits per heavy atom. The molecule has 39 heavy (non-hydrogen) atoms. The molecule has 0 radical (unpaired) electrons. The number of morpholine rings is 1. The maximum atomic E-state index is 13.7. The Morgan fingerprint density at radius 3 is 2.62 bits per heavy atom. The third-order valence-corrected chi connectivity index (χ3v) is 8.69. The second kappa shape index (κ2) is 9.44. The zero-order chi connectivity index (χ0) is 27.4. The summed E-state index contributed by atoms with van der Waals surface area (Å²) in [6.07, 6.45) is 2.41. The van der Waals surface area contributed by atoms with Crippen molar-refractivity contribution in [2.45, 2.75) is 37.2 Å². The molecule has 1 saturated heterocycles. The number of pyridine rings is 1. The molecule has 1 aliphatic carbocycles. The van der Waals surface area contributed by atoms with Gasteiger partial charge < -0.3 is 15.0 Å². The molecular weight excluding hydrogens is 539 g/mol. The molecular formula is C23H24F3N9O3S. The van der Waals surface area contributed by atoms with Gasteiger partial charge in [0.05, 0.1) is 47.3 Å². The van der Waals surface area contributed by atoms with E-state index in [2.05, 4.69) is 30.5 Å². The molecule has 1 N–H and O–H groups in total. The lowest BCUT2D eigenvalue weighted by atomic mass is 10.2. The predicted molar refractivity (Wildman–Crippen MR) is 135 cm³/mol. The van der Waals surface area contributed by atoms with Gasteiger partial charge in [-0.1, -0.05) is 0 Å². The Morgan fingerprint density at radius 1 is 1.13 bits per heavy atom. The van der Waals surface area contributed by atoms with Crippen molar-refractivity contribution < 1.29 is 26.3 Å². The molecule has 12 nitrogen and oxygen atoms in total. The topological polar surface area (TPSA) is 133 Å². The van der Waals surface area contributed by atoms with Crippen molar-refractivity contribution in [2.75, 3.05) is 36.5 Å². The first-order valence-electron chi connectivity index (χ1n) is 12.3. The van der Waals surface area contributed by atoms with Crippen molar-refractivity contribution in [1.82, 2.24) is 33.9 Å². The van der Waals surface area contributed by atoms with Gasteiger partial charge in [-0.05, 0) is 25.8 Å². The van der Waals surface area contributed by atoms with E-state index < -0.39 is 27.5 Å². The van der Waals surface area contributed by atoms with E-state index in [1.165, 1.54) is 30.9 Å². The molecule has 2 aliphatic rings. The van der Waals surface area contributed by atoms with Crippen LogP contribution in [0.4, 0.5) is 30.6 Å². The van der Waals surface area contributed by atoms with Gasteiger partial charge in [0.25, 0.3) is 10.0 Å². The van der Waals surface area contributed by atoms with Crippen LogP contribution in [-0.2, 0) is 14.8 Å². The molecule has 1 atom stereocenters. The van der Waals surface area contributed by atoms with E-state index in [1.54, 1.807) is 6.07 Å². The number of nitrogens with one attached hydrogen (secondary N) is 1.